The average molecular weight is 409 g/mol. The summed E-state index contributed by atoms with van der Waals surface area (Å²) < 4.78 is 20.8. The number of hydrogen-bond donors (Lipinski definition) is 2. The minimum absolute atomic E-state index is 0.0999. The van der Waals surface area contributed by atoms with Crippen molar-refractivity contribution in [2.24, 2.45) is 5.73 Å². The van der Waals surface area contributed by atoms with Gasteiger partial charge in [-0.3, -0.25) is 9.69 Å². The molecule has 156 valence electrons. The second kappa shape index (κ2) is 7.16. The first-order valence-electron chi connectivity index (χ1n) is 9.89. The van der Waals surface area contributed by atoms with Crippen LogP contribution in [-0.4, -0.2) is 34.0 Å². The minimum atomic E-state index is -0.704. The summed E-state index contributed by atoms with van der Waals surface area (Å²) in [5.74, 6) is -1.25. The number of aromatic amines is 1. The van der Waals surface area contributed by atoms with E-state index in [-0.39, 0.29) is 5.56 Å². The van der Waals surface area contributed by atoms with E-state index in [1.54, 1.807) is 27.0 Å². The van der Waals surface area contributed by atoms with E-state index in [9.17, 15) is 9.59 Å². The fraction of sp³-hybridized carbons (Fsp3) is 0.304. The molecule has 0 radical (unpaired) electrons. The lowest BCUT2D eigenvalue weighted by molar-refractivity contribution is 0.0329. The van der Waals surface area contributed by atoms with E-state index in [1.165, 1.54) is 11.0 Å². The summed E-state index contributed by atoms with van der Waals surface area (Å²) in [6.45, 7) is 5.90. The maximum absolute atomic E-state index is 15.3. The van der Waals surface area contributed by atoms with Crippen LogP contribution >= 0.6 is 0 Å². The van der Waals surface area contributed by atoms with Crippen LogP contribution < -0.4 is 5.73 Å². The van der Waals surface area contributed by atoms with Gasteiger partial charge in [0.25, 0.3) is 5.91 Å². The molecule has 1 aliphatic heterocycles. The zero-order chi connectivity index (χ0) is 21.6. The van der Waals surface area contributed by atoms with Gasteiger partial charge >= 0.3 is 6.09 Å². The molecule has 0 saturated heterocycles. The molecule has 0 aliphatic carbocycles. The third kappa shape index (κ3) is 3.51. The third-order valence-corrected chi connectivity index (χ3v) is 5.11. The lowest BCUT2D eigenvalue weighted by atomic mass is 9.92. The highest BCUT2D eigenvalue weighted by atomic mass is 19.1. The van der Waals surface area contributed by atoms with Crippen LogP contribution in [0.2, 0.25) is 0 Å². The largest absolute Gasteiger partial charge is 0.443 e. The Morgan fingerprint density at radius 3 is 2.67 bits per heavy atom. The molecule has 7 heteroatoms. The van der Waals surface area contributed by atoms with Crippen molar-refractivity contribution in [1.82, 2.24) is 9.88 Å². The molecule has 0 unspecified atom stereocenters. The smallest absolute Gasteiger partial charge is 0.414 e. The average Bonchev–Trinajstić information content (AvgIpc) is 3.05. The SMILES string of the molecule is CC(C)(C)OC(=O)N1C=C(c2c(F)cc(C(N)=O)c3[nH]c4ccccc4c23)CCC1. The number of nitrogens with zero attached hydrogens (tertiary/aromatic N) is 1. The Labute approximate surface area is 173 Å². The van der Waals surface area contributed by atoms with Gasteiger partial charge in [0.2, 0.25) is 0 Å². The van der Waals surface area contributed by atoms with E-state index in [4.69, 9.17) is 10.5 Å². The predicted molar refractivity (Wildman–Crippen MR) is 114 cm³/mol. The second-order valence-electron chi connectivity index (χ2n) is 8.50. The van der Waals surface area contributed by atoms with Gasteiger partial charge in [-0.2, -0.15) is 0 Å². The molecule has 6 nitrogen and oxygen atoms in total. The van der Waals surface area contributed by atoms with E-state index < -0.39 is 23.4 Å². The summed E-state index contributed by atoms with van der Waals surface area (Å²) in [7, 11) is 0. The van der Waals surface area contributed by atoms with Crippen LogP contribution in [0.5, 0.6) is 0 Å². The number of nitrogens with one attached hydrogen (secondary N) is 1. The second-order valence-corrected chi connectivity index (χ2v) is 8.50. The molecule has 0 fully saturated rings. The summed E-state index contributed by atoms with van der Waals surface area (Å²) in [5.41, 5.74) is 7.31. The minimum Gasteiger partial charge on any atom is -0.443 e. The highest BCUT2D eigenvalue weighted by molar-refractivity contribution is 6.18. The number of benzene rings is 2. The van der Waals surface area contributed by atoms with Crippen molar-refractivity contribution in [3.05, 3.63) is 53.5 Å². The normalized spacial score (nSPS) is 14.8. The summed E-state index contributed by atoms with van der Waals surface area (Å²) in [4.78, 5) is 29.2. The first-order valence-corrected chi connectivity index (χ1v) is 9.89. The van der Waals surface area contributed by atoms with Gasteiger partial charge in [0.05, 0.1) is 11.1 Å². The number of carbonyl (C=O) groups excluding carboxylic acids is 2. The number of ether oxygens (including phenoxy) is 1. The molecule has 3 aromatic rings. The number of rotatable bonds is 2. The number of fused-ring (bicyclic) bond motifs is 3. The molecule has 0 saturated carbocycles. The number of allylic oxidation sites excluding steroid dienone is 1. The topological polar surface area (TPSA) is 88.4 Å². The van der Waals surface area contributed by atoms with Gasteiger partial charge in [-0.25, -0.2) is 9.18 Å². The fourth-order valence-corrected chi connectivity index (χ4v) is 3.91. The molecule has 2 heterocycles. The van der Waals surface area contributed by atoms with Crippen molar-refractivity contribution < 1.29 is 18.7 Å². The van der Waals surface area contributed by atoms with Crippen LogP contribution in [0.3, 0.4) is 0 Å². The number of H-pyrrole nitrogens is 1. The Morgan fingerprint density at radius 2 is 1.97 bits per heavy atom. The molecule has 0 bridgehead atoms. The van der Waals surface area contributed by atoms with Crippen molar-refractivity contribution >= 4 is 39.4 Å². The van der Waals surface area contributed by atoms with Crippen LogP contribution in [0.25, 0.3) is 27.4 Å². The van der Waals surface area contributed by atoms with Crippen molar-refractivity contribution in [3.8, 4) is 0 Å². The Balaban J connectivity index is 1.92. The van der Waals surface area contributed by atoms with Gasteiger partial charge in [-0.05, 0) is 51.3 Å². The number of halogens is 1. The number of primary amides is 1. The van der Waals surface area contributed by atoms with Gasteiger partial charge in [0.15, 0.2) is 0 Å². The molecule has 30 heavy (non-hydrogen) atoms. The van der Waals surface area contributed by atoms with Crippen LogP contribution in [0, 0.1) is 5.82 Å². The number of carbonyl (C=O) groups is 2. The number of para-hydroxylation sites is 1. The molecule has 0 spiro atoms. The molecule has 4 rings (SSSR count). The molecule has 2 amide bonds. The number of aromatic nitrogens is 1. The zero-order valence-corrected chi connectivity index (χ0v) is 17.2. The maximum Gasteiger partial charge on any atom is 0.414 e. The molecular formula is C23H24FN3O3. The maximum atomic E-state index is 15.3. The van der Waals surface area contributed by atoms with E-state index >= 15 is 4.39 Å². The Morgan fingerprint density at radius 1 is 1.23 bits per heavy atom. The van der Waals surface area contributed by atoms with Gasteiger partial charge in [0.1, 0.15) is 11.4 Å². The van der Waals surface area contributed by atoms with E-state index in [0.717, 1.165) is 10.9 Å². The Kier molecular flexibility index (Phi) is 4.76. The zero-order valence-electron chi connectivity index (χ0n) is 17.2. The highest BCUT2D eigenvalue weighted by Crippen LogP contribution is 2.38. The van der Waals surface area contributed by atoms with Gasteiger partial charge in [0, 0.05) is 34.6 Å². The van der Waals surface area contributed by atoms with E-state index in [0.29, 0.717) is 41.4 Å². The standard InChI is InChI=1S/C23H24FN3O3/c1-23(2,3)30-22(29)27-10-6-7-13(12-27)18-16(24)11-15(21(25)28)20-19(18)14-8-4-5-9-17(14)26-20/h4-5,8-9,11-12,26H,6-7,10H2,1-3H3,(H2,25,28). The monoisotopic (exact) mass is 409 g/mol. The lowest BCUT2D eigenvalue weighted by Gasteiger charge is -2.29. The summed E-state index contributed by atoms with van der Waals surface area (Å²) in [6.07, 6.45) is 2.46. The van der Waals surface area contributed by atoms with Crippen molar-refractivity contribution in [2.45, 2.75) is 39.2 Å². The van der Waals surface area contributed by atoms with E-state index in [2.05, 4.69) is 4.98 Å². The number of amides is 2. The summed E-state index contributed by atoms with van der Waals surface area (Å²) in [5, 5.41) is 1.39. The van der Waals surface area contributed by atoms with Crippen LogP contribution in [0.1, 0.15) is 49.5 Å². The van der Waals surface area contributed by atoms with Crippen molar-refractivity contribution in [3.63, 3.8) is 0 Å². The van der Waals surface area contributed by atoms with Crippen LogP contribution in [0.15, 0.2) is 36.5 Å². The van der Waals surface area contributed by atoms with Crippen molar-refractivity contribution in [1.29, 1.82) is 0 Å². The van der Waals surface area contributed by atoms with Gasteiger partial charge < -0.3 is 15.5 Å². The Bertz CT molecular complexity index is 1200. The van der Waals surface area contributed by atoms with Crippen LogP contribution in [0.4, 0.5) is 9.18 Å². The fourth-order valence-electron chi connectivity index (χ4n) is 3.91. The number of hydrogen-bond acceptors (Lipinski definition) is 3. The molecule has 1 aromatic heterocycles. The first kappa shape index (κ1) is 19.9. The van der Waals surface area contributed by atoms with Crippen LogP contribution in [-0.2, 0) is 4.74 Å². The van der Waals surface area contributed by atoms with E-state index in [1.807, 2.05) is 24.3 Å². The molecular weight excluding hydrogens is 385 g/mol. The molecule has 1 aliphatic rings. The summed E-state index contributed by atoms with van der Waals surface area (Å²) in [6, 6.07) is 8.63. The van der Waals surface area contributed by atoms with Gasteiger partial charge in [-0.15, -0.1) is 0 Å². The lowest BCUT2D eigenvalue weighted by Crippen LogP contribution is -2.35. The summed E-state index contributed by atoms with van der Waals surface area (Å²) >= 11 is 0. The van der Waals surface area contributed by atoms with Crippen molar-refractivity contribution in [2.75, 3.05) is 6.54 Å². The van der Waals surface area contributed by atoms with Gasteiger partial charge in [-0.1, -0.05) is 18.2 Å². The number of nitrogens with two attached hydrogens (primary N) is 1. The Hall–Kier alpha value is -3.35. The molecule has 0 atom stereocenters. The first-order chi connectivity index (χ1) is 14.2. The molecule has 2 aromatic carbocycles. The molecule has 3 N–H and O–H groups in total. The quantitative estimate of drug-likeness (QED) is 0.629. The third-order valence-electron chi connectivity index (χ3n) is 5.11. The highest BCUT2D eigenvalue weighted by Gasteiger charge is 2.27. The predicted octanol–water partition coefficient (Wildman–Crippen LogP) is 4.93.